The molecule has 7 nitrogen and oxygen atoms in total. The second kappa shape index (κ2) is 8.81. The molecule has 1 aliphatic heterocycles. The molecule has 1 aliphatic rings. The molecule has 0 radical (unpaired) electrons. The first-order valence-electron chi connectivity index (χ1n) is 9.28. The Balaban J connectivity index is 1.40. The van der Waals surface area contributed by atoms with Crippen molar-refractivity contribution >= 4 is 17.5 Å². The van der Waals surface area contributed by atoms with Crippen LogP contribution < -0.4 is 5.32 Å². The minimum Gasteiger partial charge on any atom is -0.361 e. The third kappa shape index (κ3) is 5.65. The Morgan fingerprint density at radius 3 is 2.44 bits per heavy atom. The minimum absolute atomic E-state index is 0.0612. The summed E-state index contributed by atoms with van der Waals surface area (Å²) in [4.78, 5) is 27.7. The summed E-state index contributed by atoms with van der Waals surface area (Å²) >= 11 is 0. The number of amides is 2. The fourth-order valence-corrected chi connectivity index (χ4v) is 3.23. The van der Waals surface area contributed by atoms with Crippen molar-refractivity contribution in [2.75, 3.05) is 38.0 Å². The van der Waals surface area contributed by atoms with Gasteiger partial charge in [-0.25, -0.2) is 0 Å². The standard InChI is InChI=1S/C20H26N4O3/c1-15-13-19(22-27-15)14-20(26)24-11-9-23(10-12-24)8-7-17-3-5-18(6-4-17)21-16(2)25/h3-6,13H,7-12,14H2,1-2H3,(H,21,25). The number of rotatable bonds is 6. The maximum atomic E-state index is 12.4. The van der Waals surface area contributed by atoms with E-state index in [1.165, 1.54) is 12.5 Å². The lowest BCUT2D eigenvalue weighted by atomic mass is 10.1. The van der Waals surface area contributed by atoms with Gasteiger partial charge in [-0.15, -0.1) is 0 Å². The molecule has 2 heterocycles. The van der Waals surface area contributed by atoms with Crippen LogP contribution in [-0.2, 0) is 22.4 Å². The lowest BCUT2D eigenvalue weighted by Gasteiger charge is -2.34. The van der Waals surface area contributed by atoms with E-state index in [0.717, 1.165) is 50.6 Å². The predicted octanol–water partition coefficient (Wildman–Crippen LogP) is 1.87. The number of nitrogens with zero attached hydrogens (tertiary/aromatic N) is 3. The van der Waals surface area contributed by atoms with E-state index in [1.807, 2.05) is 42.2 Å². The Labute approximate surface area is 159 Å². The number of aryl methyl sites for hydroxylation is 1. The molecule has 0 bridgehead atoms. The molecular formula is C20H26N4O3. The number of nitrogens with one attached hydrogen (secondary N) is 1. The predicted molar refractivity (Wildman–Crippen MR) is 102 cm³/mol. The monoisotopic (exact) mass is 370 g/mol. The van der Waals surface area contributed by atoms with E-state index in [9.17, 15) is 9.59 Å². The molecule has 0 aliphatic carbocycles. The van der Waals surface area contributed by atoms with Crippen LogP contribution in [0.3, 0.4) is 0 Å². The maximum absolute atomic E-state index is 12.4. The van der Waals surface area contributed by atoms with E-state index in [4.69, 9.17) is 4.52 Å². The lowest BCUT2D eigenvalue weighted by Crippen LogP contribution is -2.49. The third-order valence-electron chi connectivity index (χ3n) is 4.73. The van der Waals surface area contributed by atoms with Gasteiger partial charge in [0.2, 0.25) is 11.8 Å². The Hall–Kier alpha value is -2.67. The van der Waals surface area contributed by atoms with Gasteiger partial charge >= 0.3 is 0 Å². The highest BCUT2D eigenvalue weighted by Crippen LogP contribution is 2.12. The van der Waals surface area contributed by atoms with Crippen molar-refractivity contribution in [2.24, 2.45) is 0 Å². The molecule has 1 aromatic heterocycles. The lowest BCUT2D eigenvalue weighted by molar-refractivity contribution is -0.132. The first-order chi connectivity index (χ1) is 13.0. The topological polar surface area (TPSA) is 78.7 Å². The van der Waals surface area contributed by atoms with Crippen LogP contribution in [0.4, 0.5) is 5.69 Å². The fourth-order valence-electron chi connectivity index (χ4n) is 3.23. The summed E-state index contributed by atoms with van der Waals surface area (Å²) in [6, 6.07) is 9.76. The highest BCUT2D eigenvalue weighted by molar-refractivity contribution is 5.88. The van der Waals surface area contributed by atoms with Gasteiger partial charge in [-0.05, 0) is 31.0 Å². The van der Waals surface area contributed by atoms with E-state index in [2.05, 4.69) is 15.4 Å². The van der Waals surface area contributed by atoms with Gasteiger partial charge in [-0.2, -0.15) is 0 Å². The first kappa shape index (κ1) is 19.1. The molecule has 27 heavy (non-hydrogen) atoms. The fraction of sp³-hybridized carbons (Fsp3) is 0.450. The summed E-state index contributed by atoms with van der Waals surface area (Å²) in [5, 5.41) is 6.67. The molecule has 3 rings (SSSR count). The number of anilines is 1. The summed E-state index contributed by atoms with van der Waals surface area (Å²) in [6.45, 7) is 7.55. The maximum Gasteiger partial charge on any atom is 0.228 e. The summed E-state index contributed by atoms with van der Waals surface area (Å²) in [5.74, 6) is 0.776. The Morgan fingerprint density at radius 1 is 1.15 bits per heavy atom. The largest absolute Gasteiger partial charge is 0.361 e. The molecule has 1 fully saturated rings. The number of carbonyl (C=O) groups is 2. The number of piperazine rings is 1. The SMILES string of the molecule is CC(=O)Nc1ccc(CCN2CCN(C(=O)Cc3cc(C)on3)CC2)cc1. The van der Waals surface area contributed by atoms with Gasteiger partial charge in [0.25, 0.3) is 0 Å². The van der Waals surface area contributed by atoms with Crippen molar-refractivity contribution in [3.8, 4) is 0 Å². The number of hydrogen-bond acceptors (Lipinski definition) is 5. The molecule has 0 atom stereocenters. The summed E-state index contributed by atoms with van der Waals surface area (Å²) in [5.41, 5.74) is 2.76. The van der Waals surface area contributed by atoms with E-state index < -0.39 is 0 Å². The van der Waals surface area contributed by atoms with Gasteiger partial charge in [-0.3, -0.25) is 14.5 Å². The molecule has 1 aromatic carbocycles. The summed E-state index contributed by atoms with van der Waals surface area (Å²) < 4.78 is 5.02. The number of benzene rings is 1. The van der Waals surface area contributed by atoms with Gasteiger partial charge in [-0.1, -0.05) is 17.3 Å². The number of aromatic nitrogens is 1. The van der Waals surface area contributed by atoms with Crippen LogP contribution in [-0.4, -0.2) is 59.5 Å². The van der Waals surface area contributed by atoms with E-state index >= 15 is 0 Å². The van der Waals surface area contributed by atoms with Crippen LogP contribution >= 0.6 is 0 Å². The molecule has 2 amide bonds. The zero-order valence-corrected chi connectivity index (χ0v) is 15.9. The summed E-state index contributed by atoms with van der Waals surface area (Å²) in [6.07, 6.45) is 1.25. The minimum atomic E-state index is -0.0612. The summed E-state index contributed by atoms with van der Waals surface area (Å²) in [7, 11) is 0. The highest BCUT2D eigenvalue weighted by Gasteiger charge is 2.21. The van der Waals surface area contributed by atoms with E-state index in [0.29, 0.717) is 12.1 Å². The van der Waals surface area contributed by atoms with Crippen molar-refractivity contribution < 1.29 is 14.1 Å². The number of hydrogen-bond donors (Lipinski definition) is 1. The van der Waals surface area contributed by atoms with E-state index in [1.54, 1.807) is 0 Å². The van der Waals surface area contributed by atoms with Crippen molar-refractivity contribution in [1.29, 1.82) is 0 Å². The van der Waals surface area contributed by atoms with Crippen molar-refractivity contribution in [2.45, 2.75) is 26.7 Å². The third-order valence-corrected chi connectivity index (χ3v) is 4.73. The molecule has 2 aromatic rings. The highest BCUT2D eigenvalue weighted by atomic mass is 16.5. The van der Waals surface area contributed by atoms with Gasteiger partial charge < -0.3 is 14.7 Å². The van der Waals surface area contributed by atoms with Gasteiger partial charge in [0.05, 0.1) is 12.1 Å². The Kier molecular flexibility index (Phi) is 6.24. The van der Waals surface area contributed by atoms with Crippen LogP contribution in [0.5, 0.6) is 0 Å². The molecule has 144 valence electrons. The second-order valence-electron chi connectivity index (χ2n) is 6.96. The van der Waals surface area contributed by atoms with Crippen LogP contribution in [0.25, 0.3) is 0 Å². The van der Waals surface area contributed by atoms with Crippen LogP contribution in [0, 0.1) is 6.92 Å². The van der Waals surface area contributed by atoms with Gasteiger partial charge in [0, 0.05) is 51.4 Å². The molecule has 1 N–H and O–H groups in total. The van der Waals surface area contributed by atoms with Crippen LogP contribution in [0.2, 0.25) is 0 Å². The van der Waals surface area contributed by atoms with Crippen molar-refractivity contribution in [1.82, 2.24) is 15.0 Å². The molecule has 0 unspecified atom stereocenters. The van der Waals surface area contributed by atoms with Crippen molar-refractivity contribution in [3.63, 3.8) is 0 Å². The normalized spacial score (nSPS) is 15.0. The van der Waals surface area contributed by atoms with Gasteiger partial charge in [0.1, 0.15) is 5.76 Å². The Morgan fingerprint density at radius 2 is 1.85 bits per heavy atom. The smallest absolute Gasteiger partial charge is 0.228 e. The van der Waals surface area contributed by atoms with Crippen molar-refractivity contribution in [3.05, 3.63) is 47.3 Å². The number of carbonyl (C=O) groups excluding carboxylic acids is 2. The molecule has 0 spiro atoms. The zero-order chi connectivity index (χ0) is 19.2. The molecular weight excluding hydrogens is 344 g/mol. The zero-order valence-electron chi connectivity index (χ0n) is 15.9. The van der Waals surface area contributed by atoms with Crippen LogP contribution in [0.15, 0.2) is 34.9 Å². The quantitative estimate of drug-likeness (QED) is 0.840. The van der Waals surface area contributed by atoms with Crippen LogP contribution in [0.1, 0.15) is 23.9 Å². The molecule has 0 saturated carbocycles. The first-order valence-corrected chi connectivity index (χ1v) is 9.28. The molecule has 1 saturated heterocycles. The van der Waals surface area contributed by atoms with E-state index in [-0.39, 0.29) is 11.8 Å². The van der Waals surface area contributed by atoms with Gasteiger partial charge in [0.15, 0.2) is 0 Å². The molecule has 7 heteroatoms. The second-order valence-corrected chi connectivity index (χ2v) is 6.96. The average molecular weight is 370 g/mol. The average Bonchev–Trinajstić information content (AvgIpc) is 3.06. The Bertz CT molecular complexity index is 777.